The maximum atomic E-state index is 9.40. The summed E-state index contributed by atoms with van der Waals surface area (Å²) in [5.41, 5.74) is 3.79. The molecule has 1 aliphatic carbocycles. The molecule has 3 aliphatic rings. The Kier molecular flexibility index (Phi) is 4.65. The van der Waals surface area contributed by atoms with E-state index in [2.05, 4.69) is 37.6 Å². The number of benzene rings is 1. The van der Waals surface area contributed by atoms with Crippen LogP contribution < -0.4 is 15.5 Å². The highest BCUT2D eigenvalue weighted by Crippen LogP contribution is 2.57. The second-order valence-corrected chi connectivity index (χ2v) is 8.72. The van der Waals surface area contributed by atoms with Crippen LogP contribution >= 0.6 is 0 Å². The third-order valence-corrected chi connectivity index (χ3v) is 7.00. The Hall–Kier alpha value is -2.23. The fourth-order valence-corrected chi connectivity index (χ4v) is 5.15. The molecule has 3 fully saturated rings. The third-order valence-electron chi connectivity index (χ3n) is 7.00. The first kappa shape index (κ1) is 17.8. The maximum Gasteiger partial charge on any atom is 0.113 e. The van der Waals surface area contributed by atoms with Gasteiger partial charge in [-0.1, -0.05) is 0 Å². The summed E-state index contributed by atoms with van der Waals surface area (Å²) in [6, 6.07) is 6.87. The molecule has 0 amide bonds. The average molecular weight is 377 g/mol. The summed E-state index contributed by atoms with van der Waals surface area (Å²) < 4.78 is 0. The van der Waals surface area contributed by atoms with E-state index in [1.807, 2.05) is 6.07 Å². The number of nitrogens with zero attached hydrogens (tertiary/aromatic N) is 4. The van der Waals surface area contributed by atoms with Crippen molar-refractivity contribution in [2.45, 2.75) is 38.1 Å². The van der Waals surface area contributed by atoms with Gasteiger partial charge in [-0.25, -0.2) is 0 Å². The predicted octanol–water partition coefficient (Wildman–Crippen LogP) is 2.45. The summed E-state index contributed by atoms with van der Waals surface area (Å²) in [4.78, 5) is 11.5. The number of hydrogen-bond donors (Lipinski definition) is 2. The van der Waals surface area contributed by atoms with Crippen molar-refractivity contribution < 1.29 is 0 Å². The molecule has 2 aliphatic heterocycles. The largest absolute Gasteiger partial charge is 0.369 e. The van der Waals surface area contributed by atoms with Crippen molar-refractivity contribution in [2.75, 3.05) is 37.6 Å². The highest BCUT2D eigenvalue weighted by atomic mass is 15.2. The van der Waals surface area contributed by atoms with Gasteiger partial charge in [0.15, 0.2) is 0 Å². The average Bonchev–Trinajstić information content (AvgIpc) is 3.47. The second-order valence-electron chi connectivity index (χ2n) is 8.72. The van der Waals surface area contributed by atoms with E-state index in [1.165, 1.54) is 32.1 Å². The first-order valence-corrected chi connectivity index (χ1v) is 10.6. The summed E-state index contributed by atoms with van der Waals surface area (Å²) in [7, 11) is 0. The van der Waals surface area contributed by atoms with E-state index in [0.717, 1.165) is 49.4 Å². The SMILES string of the molecule is N#Cc1ccc(N2CC(CNC3CCCNCC3)C3(CC3)C2)c2nccnc12. The van der Waals surface area contributed by atoms with Crippen LogP contribution in [0.2, 0.25) is 0 Å². The fourth-order valence-electron chi connectivity index (χ4n) is 5.15. The Morgan fingerprint density at radius 2 is 2.04 bits per heavy atom. The molecule has 1 aromatic carbocycles. The molecule has 2 atom stereocenters. The van der Waals surface area contributed by atoms with E-state index in [-0.39, 0.29) is 0 Å². The molecular formula is C22H28N6. The molecule has 2 saturated heterocycles. The van der Waals surface area contributed by atoms with E-state index in [4.69, 9.17) is 0 Å². The van der Waals surface area contributed by atoms with Gasteiger partial charge in [0.2, 0.25) is 0 Å². The zero-order chi connectivity index (χ0) is 19.0. The number of aromatic nitrogens is 2. The number of hydrogen-bond acceptors (Lipinski definition) is 6. The molecule has 2 aromatic rings. The van der Waals surface area contributed by atoms with Crippen LogP contribution in [-0.2, 0) is 0 Å². The lowest BCUT2D eigenvalue weighted by atomic mass is 9.92. The summed E-state index contributed by atoms with van der Waals surface area (Å²) in [6.45, 7) is 5.57. The van der Waals surface area contributed by atoms with Crippen LogP contribution in [-0.4, -0.2) is 48.7 Å². The highest BCUT2D eigenvalue weighted by Gasteiger charge is 2.54. The van der Waals surface area contributed by atoms with Gasteiger partial charge in [-0.15, -0.1) is 0 Å². The minimum Gasteiger partial charge on any atom is -0.369 e. The van der Waals surface area contributed by atoms with E-state index in [0.29, 0.717) is 22.9 Å². The Labute approximate surface area is 166 Å². The molecule has 2 N–H and O–H groups in total. The smallest absolute Gasteiger partial charge is 0.113 e. The van der Waals surface area contributed by atoms with Crippen molar-refractivity contribution in [1.82, 2.24) is 20.6 Å². The number of nitriles is 1. The van der Waals surface area contributed by atoms with Crippen LogP contribution in [0.3, 0.4) is 0 Å². The van der Waals surface area contributed by atoms with Crippen LogP contribution in [0.1, 0.15) is 37.7 Å². The molecule has 1 aromatic heterocycles. The van der Waals surface area contributed by atoms with Crippen molar-refractivity contribution in [3.8, 4) is 6.07 Å². The van der Waals surface area contributed by atoms with E-state index < -0.39 is 0 Å². The number of fused-ring (bicyclic) bond motifs is 1. The quantitative estimate of drug-likeness (QED) is 0.854. The van der Waals surface area contributed by atoms with Gasteiger partial charge in [0, 0.05) is 38.1 Å². The summed E-state index contributed by atoms with van der Waals surface area (Å²) in [5.74, 6) is 0.686. The van der Waals surface area contributed by atoms with Crippen molar-refractivity contribution in [2.24, 2.45) is 11.3 Å². The van der Waals surface area contributed by atoms with E-state index in [1.54, 1.807) is 12.4 Å². The molecule has 6 nitrogen and oxygen atoms in total. The normalized spacial score (nSPS) is 26.3. The molecule has 6 heteroatoms. The Balaban J connectivity index is 1.34. The lowest BCUT2D eigenvalue weighted by molar-refractivity contribution is 0.343. The van der Waals surface area contributed by atoms with Gasteiger partial charge >= 0.3 is 0 Å². The van der Waals surface area contributed by atoms with Crippen molar-refractivity contribution in [3.05, 3.63) is 30.1 Å². The molecule has 3 heterocycles. The first-order valence-electron chi connectivity index (χ1n) is 10.6. The molecule has 2 unspecified atom stereocenters. The lowest BCUT2D eigenvalue weighted by Crippen LogP contribution is -2.37. The molecule has 1 spiro atoms. The van der Waals surface area contributed by atoms with Gasteiger partial charge in [0.1, 0.15) is 17.1 Å². The van der Waals surface area contributed by atoms with Crippen LogP contribution in [0.4, 0.5) is 5.69 Å². The topological polar surface area (TPSA) is 76.9 Å². The second kappa shape index (κ2) is 7.31. The van der Waals surface area contributed by atoms with E-state index >= 15 is 0 Å². The Morgan fingerprint density at radius 1 is 1.18 bits per heavy atom. The van der Waals surface area contributed by atoms with Crippen LogP contribution in [0.15, 0.2) is 24.5 Å². The van der Waals surface area contributed by atoms with Gasteiger partial charge in [-0.2, -0.15) is 5.26 Å². The van der Waals surface area contributed by atoms with Gasteiger partial charge in [-0.3, -0.25) is 9.97 Å². The van der Waals surface area contributed by atoms with Crippen LogP contribution in [0.5, 0.6) is 0 Å². The molecule has 146 valence electrons. The molecule has 28 heavy (non-hydrogen) atoms. The molecule has 1 saturated carbocycles. The predicted molar refractivity (Wildman–Crippen MR) is 110 cm³/mol. The Morgan fingerprint density at radius 3 is 2.86 bits per heavy atom. The van der Waals surface area contributed by atoms with Crippen LogP contribution in [0, 0.1) is 22.7 Å². The van der Waals surface area contributed by atoms with Crippen molar-refractivity contribution in [3.63, 3.8) is 0 Å². The highest BCUT2D eigenvalue weighted by molar-refractivity contribution is 5.92. The maximum absolute atomic E-state index is 9.40. The minimum atomic E-state index is 0.471. The summed E-state index contributed by atoms with van der Waals surface area (Å²) in [6.07, 6.45) is 9.87. The standard InChI is InChI=1S/C22H28N6/c23-12-16-3-4-19(21-20(16)25-10-11-26-21)28-14-17(22(15-28)6-7-22)13-27-18-2-1-8-24-9-5-18/h3-4,10-11,17-18,24,27H,1-2,5-9,13-15H2. The van der Waals surface area contributed by atoms with Crippen molar-refractivity contribution >= 4 is 16.7 Å². The number of anilines is 1. The third kappa shape index (κ3) is 3.23. The zero-order valence-corrected chi connectivity index (χ0v) is 16.3. The molecular weight excluding hydrogens is 348 g/mol. The van der Waals surface area contributed by atoms with Gasteiger partial charge < -0.3 is 15.5 Å². The van der Waals surface area contributed by atoms with Crippen molar-refractivity contribution in [1.29, 1.82) is 5.26 Å². The fraction of sp³-hybridized carbons (Fsp3) is 0.591. The van der Waals surface area contributed by atoms with Gasteiger partial charge in [0.25, 0.3) is 0 Å². The molecule has 5 rings (SSSR count). The molecule has 0 bridgehead atoms. The lowest BCUT2D eigenvalue weighted by Gasteiger charge is -2.22. The monoisotopic (exact) mass is 376 g/mol. The molecule has 0 radical (unpaired) electrons. The van der Waals surface area contributed by atoms with Gasteiger partial charge in [0.05, 0.1) is 11.3 Å². The summed E-state index contributed by atoms with van der Waals surface area (Å²) in [5, 5.41) is 16.8. The minimum absolute atomic E-state index is 0.471. The van der Waals surface area contributed by atoms with Crippen LogP contribution in [0.25, 0.3) is 11.0 Å². The van der Waals surface area contributed by atoms with E-state index in [9.17, 15) is 5.26 Å². The zero-order valence-electron chi connectivity index (χ0n) is 16.3. The van der Waals surface area contributed by atoms with Gasteiger partial charge in [-0.05, 0) is 68.7 Å². The Bertz CT molecular complexity index is 892. The summed E-state index contributed by atoms with van der Waals surface area (Å²) >= 11 is 0. The number of nitrogens with one attached hydrogen (secondary N) is 2. The number of rotatable bonds is 4. The first-order chi connectivity index (χ1) is 13.8.